The van der Waals surface area contributed by atoms with E-state index < -0.39 is 0 Å². The summed E-state index contributed by atoms with van der Waals surface area (Å²) in [6.45, 7) is 3.91. The molecule has 96 valence electrons. The van der Waals surface area contributed by atoms with E-state index in [2.05, 4.69) is 27.7 Å². The summed E-state index contributed by atoms with van der Waals surface area (Å²) in [5.74, 6) is 0.471. The molecule has 0 amide bonds. The van der Waals surface area contributed by atoms with Gasteiger partial charge in [0.15, 0.2) is 0 Å². The van der Waals surface area contributed by atoms with Crippen molar-refractivity contribution in [2.75, 3.05) is 5.73 Å². The number of halogens is 2. The minimum Gasteiger partial charge on any atom is -0.383 e. The third kappa shape index (κ3) is 2.50. The summed E-state index contributed by atoms with van der Waals surface area (Å²) in [5.41, 5.74) is 7.59. The zero-order valence-corrected chi connectivity index (χ0v) is 12.5. The normalized spacial score (nSPS) is 12.7. The molecule has 0 saturated heterocycles. The summed E-state index contributed by atoms with van der Waals surface area (Å²) in [5, 5.41) is 4.40. The van der Waals surface area contributed by atoms with E-state index in [0.717, 1.165) is 9.26 Å². The van der Waals surface area contributed by atoms with Crippen LogP contribution in [0.15, 0.2) is 24.3 Å². The van der Waals surface area contributed by atoms with Crippen LogP contribution in [0.25, 0.3) is 0 Å². The highest BCUT2D eigenvalue weighted by Crippen LogP contribution is 2.24. The number of aromatic nitrogens is 2. The van der Waals surface area contributed by atoms with Gasteiger partial charge < -0.3 is 5.73 Å². The SMILES string of the molecule is Cc1nn(C(C)Cc2ccccc2F)c(N)c1I. The summed E-state index contributed by atoms with van der Waals surface area (Å²) >= 11 is 2.18. The van der Waals surface area contributed by atoms with Crippen LogP contribution in [0, 0.1) is 16.3 Å². The maximum atomic E-state index is 13.6. The molecule has 2 aromatic rings. The summed E-state index contributed by atoms with van der Waals surface area (Å²) < 4.78 is 16.3. The smallest absolute Gasteiger partial charge is 0.135 e. The molecule has 2 N–H and O–H groups in total. The van der Waals surface area contributed by atoms with Crippen molar-refractivity contribution >= 4 is 28.4 Å². The fraction of sp³-hybridized carbons (Fsp3) is 0.308. The lowest BCUT2D eigenvalue weighted by atomic mass is 10.1. The minimum absolute atomic E-state index is 0.0316. The topological polar surface area (TPSA) is 43.8 Å². The predicted molar refractivity (Wildman–Crippen MR) is 78.9 cm³/mol. The van der Waals surface area contributed by atoms with E-state index in [4.69, 9.17) is 5.73 Å². The first-order valence-corrected chi connectivity index (χ1v) is 6.82. The third-order valence-corrected chi connectivity index (χ3v) is 4.27. The van der Waals surface area contributed by atoms with Crippen LogP contribution in [0.1, 0.15) is 24.2 Å². The number of rotatable bonds is 3. The van der Waals surface area contributed by atoms with Gasteiger partial charge in [0, 0.05) is 0 Å². The van der Waals surface area contributed by atoms with E-state index in [1.54, 1.807) is 16.8 Å². The van der Waals surface area contributed by atoms with Gasteiger partial charge >= 0.3 is 0 Å². The monoisotopic (exact) mass is 359 g/mol. The third-order valence-electron chi connectivity index (χ3n) is 2.94. The van der Waals surface area contributed by atoms with Gasteiger partial charge in [-0.1, -0.05) is 18.2 Å². The number of benzene rings is 1. The molecule has 1 atom stereocenters. The Hall–Kier alpha value is -1.11. The largest absolute Gasteiger partial charge is 0.383 e. The zero-order valence-electron chi connectivity index (χ0n) is 10.3. The summed E-state index contributed by atoms with van der Waals surface area (Å²) in [4.78, 5) is 0. The van der Waals surface area contributed by atoms with E-state index in [1.807, 2.05) is 19.9 Å². The quantitative estimate of drug-likeness (QED) is 0.855. The predicted octanol–water partition coefficient (Wildman–Crippen LogP) is 3.32. The molecule has 1 heterocycles. The summed E-state index contributed by atoms with van der Waals surface area (Å²) in [6, 6.07) is 6.84. The van der Waals surface area contributed by atoms with Gasteiger partial charge in [0.1, 0.15) is 11.6 Å². The first kappa shape index (κ1) is 13.3. The molecule has 1 unspecified atom stereocenters. The van der Waals surface area contributed by atoms with Crippen LogP contribution in [-0.2, 0) is 6.42 Å². The standard InChI is InChI=1S/C13H15FIN3/c1-8(7-10-5-3-4-6-11(10)14)18-13(16)12(15)9(2)17-18/h3-6,8H,7,16H2,1-2H3. The molecule has 0 fully saturated rings. The van der Waals surface area contributed by atoms with Crippen molar-refractivity contribution in [1.29, 1.82) is 0 Å². The highest BCUT2D eigenvalue weighted by atomic mass is 127. The molecule has 3 nitrogen and oxygen atoms in total. The number of nitrogens with two attached hydrogens (primary N) is 1. The van der Waals surface area contributed by atoms with E-state index in [1.165, 1.54) is 6.07 Å². The fourth-order valence-electron chi connectivity index (χ4n) is 1.95. The van der Waals surface area contributed by atoms with Gasteiger partial charge in [-0.25, -0.2) is 9.07 Å². The van der Waals surface area contributed by atoms with Crippen LogP contribution in [0.2, 0.25) is 0 Å². The summed E-state index contributed by atoms with van der Waals surface area (Å²) in [7, 11) is 0. The highest BCUT2D eigenvalue weighted by molar-refractivity contribution is 14.1. The maximum absolute atomic E-state index is 13.6. The lowest BCUT2D eigenvalue weighted by molar-refractivity contribution is 0.481. The first-order valence-electron chi connectivity index (χ1n) is 5.74. The fourth-order valence-corrected chi connectivity index (χ4v) is 2.30. The average molecular weight is 359 g/mol. The second kappa shape index (κ2) is 5.26. The molecule has 18 heavy (non-hydrogen) atoms. The van der Waals surface area contributed by atoms with Gasteiger partial charge in [-0.3, -0.25) is 0 Å². The molecule has 0 aliphatic carbocycles. The Balaban J connectivity index is 2.25. The Kier molecular flexibility index (Phi) is 3.89. The minimum atomic E-state index is -0.179. The lowest BCUT2D eigenvalue weighted by Crippen LogP contribution is -2.13. The Labute approximate surface area is 119 Å². The Morgan fingerprint density at radius 1 is 1.44 bits per heavy atom. The number of nitrogen functional groups attached to an aromatic ring is 1. The van der Waals surface area contributed by atoms with Crippen LogP contribution in [0.4, 0.5) is 10.2 Å². The van der Waals surface area contributed by atoms with E-state index >= 15 is 0 Å². The van der Waals surface area contributed by atoms with Crippen molar-refractivity contribution in [1.82, 2.24) is 9.78 Å². The molecule has 0 saturated carbocycles. The number of hydrogen-bond donors (Lipinski definition) is 1. The van der Waals surface area contributed by atoms with Gasteiger partial charge in [0.05, 0.1) is 15.3 Å². The average Bonchev–Trinajstić information content (AvgIpc) is 2.60. The molecule has 2 rings (SSSR count). The molecule has 0 aliphatic heterocycles. The van der Waals surface area contributed by atoms with Crippen molar-refractivity contribution < 1.29 is 4.39 Å². The maximum Gasteiger partial charge on any atom is 0.135 e. The Morgan fingerprint density at radius 2 is 2.11 bits per heavy atom. The molecule has 1 aromatic heterocycles. The Morgan fingerprint density at radius 3 is 2.67 bits per heavy atom. The van der Waals surface area contributed by atoms with Crippen LogP contribution < -0.4 is 5.73 Å². The number of hydrogen-bond acceptors (Lipinski definition) is 2. The van der Waals surface area contributed by atoms with Crippen molar-refractivity contribution in [2.45, 2.75) is 26.3 Å². The van der Waals surface area contributed by atoms with Crippen LogP contribution in [0.3, 0.4) is 0 Å². The van der Waals surface area contributed by atoms with E-state index in [0.29, 0.717) is 17.8 Å². The van der Waals surface area contributed by atoms with E-state index in [-0.39, 0.29) is 11.9 Å². The van der Waals surface area contributed by atoms with Gasteiger partial charge in [-0.2, -0.15) is 5.10 Å². The van der Waals surface area contributed by atoms with Gasteiger partial charge in [-0.15, -0.1) is 0 Å². The molecule has 1 aromatic carbocycles. The first-order chi connectivity index (χ1) is 8.50. The van der Waals surface area contributed by atoms with E-state index in [9.17, 15) is 4.39 Å². The lowest BCUT2D eigenvalue weighted by Gasteiger charge is -2.14. The number of aryl methyl sites for hydroxylation is 1. The van der Waals surface area contributed by atoms with Crippen molar-refractivity contribution in [3.05, 3.63) is 44.9 Å². The Bertz CT molecular complexity index is 565. The second-order valence-electron chi connectivity index (χ2n) is 4.37. The molecular formula is C13H15FIN3. The summed E-state index contributed by atoms with van der Waals surface area (Å²) in [6.07, 6.45) is 0.577. The van der Waals surface area contributed by atoms with Gasteiger partial charge in [-0.05, 0) is 54.5 Å². The second-order valence-corrected chi connectivity index (χ2v) is 5.45. The van der Waals surface area contributed by atoms with Gasteiger partial charge in [0.25, 0.3) is 0 Å². The molecule has 5 heteroatoms. The molecule has 0 bridgehead atoms. The number of anilines is 1. The van der Waals surface area contributed by atoms with Crippen molar-refractivity contribution in [3.63, 3.8) is 0 Å². The molecule has 0 radical (unpaired) electrons. The van der Waals surface area contributed by atoms with Crippen LogP contribution in [-0.4, -0.2) is 9.78 Å². The zero-order chi connectivity index (χ0) is 13.3. The van der Waals surface area contributed by atoms with Crippen molar-refractivity contribution in [3.8, 4) is 0 Å². The molecular weight excluding hydrogens is 344 g/mol. The van der Waals surface area contributed by atoms with Gasteiger partial charge in [0.2, 0.25) is 0 Å². The van der Waals surface area contributed by atoms with Crippen LogP contribution >= 0.6 is 22.6 Å². The highest BCUT2D eigenvalue weighted by Gasteiger charge is 2.16. The molecule has 0 spiro atoms. The van der Waals surface area contributed by atoms with Crippen molar-refractivity contribution in [2.24, 2.45) is 0 Å². The molecule has 0 aliphatic rings. The number of nitrogens with zero attached hydrogens (tertiary/aromatic N) is 2. The van der Waals surface area contributed by atoms with Crippen LogP contribution in [0.5, 0.6) is 0 Å².